The summed E-state index contributed by atoms with van der Waals surface area (Å²) in [5.41, 5.74) is 0. The molecule has 1 fully saturated rings. The Morgan fingerprint density at radius 2 is 1.86 bits per heavy atom. The first-order chi connectivity index (χ1) is 5.83. The number of aliphatic hydroxyl groups is 1. The van der Waals surface area contributed by atoms with Gasteiger partial charge in [0.1, 0.15) is 0 Å². The molecule has 0 spiro atoms. The number of halogens is 2. The summed E-state index contributed by atoms with van der Waals surface area (Å²) < 4.78 is 0. The first-order valence-electron chi connectivity index (χ1n) is 4.07. The average Bonchev–Trinajstić information content (AvgIpc) is 2.09. The van der Waals surface area contributed by atoms with Gasteiger partial charge in [-0.25, -0.2) is 0 Å². The fourth-order valence-electron chi connectivity index (χ4n) is 1.07. The molecular formula is C7H20Cl2CrN3O. The molecule has 0 amide bonds. The van der Waals surface area contributed by atoms with Crippen LogP contribution >= 0.6 is 24.8 Å². The van der Waals surface area contributed by atoms with Gasteiger partial charge in [-0.2, -0.15) is 0 Å². The molecule has 2 unspecified atom stereocenters. The van der Waals surface area contributed by atoms with Crippen molar-refractivity contribution in [3.05, 3.63) is 0 Å². The monoisotopic (exact) mass is 284 g/mol. The second-order valence-corrected chi connectivity index (χ2v) is 2.54. The van der Waals surface area contributed by atoms with Gasteiger partial charge in [0.2, 0.25) is 0 Å². The van der Waals surface area contributed by atoms with E-state index in [-0.39, 0.29) is 37.6 Å². The van der Waals surface area contributed by atoms with Gasteiger partial charge in [0.05, 0.1) is 12.3 Å². The van der Waals surface area contributed by atoms with Gasteiger partial charge in [-0.1, -0.05) is 0 Å². The fraction of sp³-hybridized carbons (Fsp3) is 1.00. The molecule has 0 aliphatic carbocycles. The van der Waals surface area contributed by atoms with Crippen molar-refractivity contribution in [1.82, 2.24) is 16.0 Å². The predicted octanol–water partition coefficient (Wildman–Crippen LogP) is 0.206. The minimum atomic E-state index is 0. The van der Waals surface area contributed by atoms with Crippen LogP contribution < -0.4 is 16.0 Å². The summed E-state index contributed by atoms with van der Waals surface area (Å²) in [5.74, 6) is 1.88. The molecule has 7 heteroatoms. The zero-order valence-electron chi connectivity index (χ0n) is 8.45. The van der Waals surface area contributed by atoms with Crippen molar-refractivity contribution >= 4 is 24.8 Å². The van der Waals surface area contributed by atoms with Gasteiger partial charge in [-0.05, 0) is 13.3 Å². The van der Waals surface area contributed by atoms with Gasteiger partial charge < -0.3 is 5.11 Å². The van der Waals surface area contributed by atoms with E-state index in [2.05, 4.69) is 39.2 Å². The van der Waals surface area contributed by atoms with Crippen LogP contribution in [0.2, 0.25) is 5.79 Å². The van der Waals surface area contributed by atoms with Gasteiger partial charge in [-0.3, -0.25) is 16.0 Å². The van der Waals surface area contributed by atoms with Crippen LogP contribution in [0.5, 0.6) is 0 Å². The van der Waals surface area contributed by atoms with Gasteiger partial charge in [0.15, 0.2) is 0 Å². The van der Waals surface area contributed by atoms with E-state index in [1.54, 1.807) is 0 Å². The van der Waals surface area contributed by atoms with E-state index in [0.717, 1.165) is 13.1 Å². The van der Waals surface area contributed by atoms with Crippen molar-refractivity contribution in [2.75, 3.05) is 13.3 Å². The number of rotatable bonds is 2. The van der Waals surface area contributed by atoms with Crippen LogP contribution in [-0.4, -0.2) is 30.7 Å². The summed E-state index contributed by atoms with van der Waals surface area (Å²) in [4.78, 5) is 0. The third-order valence-electron chi connectivity index (χ3n) is 1.63. The van der Waals surface area contributed by atoms with Crippen LogP contribution in [0.1, 0.15) is 13.3 Å². The van der Waals surface area contributed by atoms with Crippen molar-refractivity contribution in [3.8, 4) is 0 Å². The topological polar surface area (TPSA) is 56.3 Å². The summed E-state index contributed by atoms with van der Waals surface area (Å²) in [6.45, 7) is 3.11. The third-order valence-corrected chi connectivity index (χ3v) is 1.63. The van der Waals surface area contributed by atoms with Crippen molar-refractivity contribution in [2.24, 2.45) is 0 Å². The molecule has 2 atom stereocenters. The maximum absolute atomic E-state index is 8.60. The molecule has 1 rings (SSSR count). The summed E-state index contributed by atoms with van der Waals surface area (Å²) >= 11 is 2.62. The normalized spacial score (nSPS) is 24.8. The standard InChI is InChI=1S/C6H15N3O.CH3.2ClH.Cr/c1-5-7-4-8-6(9-5)2-3-10;;;;/h5-10H,2-4H2,1H3;1H3;2*1H;. The molecule has 14 heavy (non-hydrogen) atoms. The number of hydrogen-bond donors (Lipinski definition) is 4. The summed E-state index contributed by atoms with van der Waals surface area (Å²) in [6.07, 6.45) is 1.38. The van der Waals surface area contributed by atoms with Crippen molar-refractivity contribution in [2.45, 2.75) is 31.5 Å². The zero-order valence-corrected chi connectivity index (χ0v) is 11.4. The van der Waals surface area contributed by atoms with E-state index in [1.165, 1.54) is 0 Å². The average molecular weight is 285 g/mol. The maximum atomic E-state index is 8.60. The molecule has 0 aromatic rings. The van der Waals surface area contributed by atoms with Crippen LogP contribution in [0, 0.1) is 0 Å². The Balaban J connectivity index is -0.000000284. The van der Waals surface area contributed by atoms with Crippen LogP contribution in [-0.2, 0) is 16.3 Å². The van der Waals surface area contributed by atoms with Gasteiger partial charge in [0, 0.05) is 13.3 Å². The summed E-state index contributed by atoms with van der Waals surface area (Å²) in [5, 5.41) is 18.2. The Morgan fingerprint density at radius 1 is 1.29 bits per heavy atom. The Morgan fingerprint density at radius 3 is 2.29 bits per heavy atom. The molecule has 0 aromatic carbocycles. The minimum absolute atomic E-state index is 0. The number of hydrogen-bond acceptors (Lipinski definition) is 4. The molecule has 0 radical (unpaired) electrons. The van der Waals surface area contributed by atoms with Crippen LogP contribution in [0.3, 0.4) is 0 Å². The van der Waals surface area contributed by atoms with E-state index in [4.69, 9.17) is 5.11 Å². The van der Waals surface area contributed by atoms with Crippen LogP contribution in [0.4, 0.5) is 0 Å². The molecule has 0 bridgehead atoms. The van der Waals surface area contributed by atoms with Gasteiger partial charge >= 0.3 is 22.1 Å². The Bertz CT molecular complexity index is 111. The van der Waals surface area contributed by atoms with Crippen molar-refractivity contribution < 1.29 is 21.4 Å². The zero-order chi connectivity index (χ0) is 9.40. The molecule has 1 aliphatic rings. The number of aliphatic hydroxyl groups excluding tert-OH is 1. The number of nitrogens with one attached hydrogen (secondary N) is 3. The molecular weight excluding hydrogens is 265 g/mol. The van der Waals surface area contributed by atoms with Crippen molar-refractivity contribution in [1.29, 1.82) is 0 Å². The molecule has 0 aromatic heterocycles. The first-order valence-corrected chi connectivity index (χ1v) is 5.35. The van der Waals surface area contributed by atoms with Gasteiger partial charge in [-0.15, -0.1) is 24.8 Å². The van der Waals surface area contributed by atoms with E-state index < -0.39 is 0 Å². The fourth-order valence-corrected chi connectivity index (χ4v) is 1.07. The van der Waals surface area contributed by atoms with E-state index in [9.17, 15) is 0 Å². The van der Waals surface area contributed by atoms with Crippen molar-refractivity contribution in [3.63, 3.8) is 0 Å². The molecule has 1 saturated heterocycles. The molecule has 4 nitrogen and oxygen atoms in total. The molecule has 0 saturated carbocycles. The predicted molar refractivity (Wildman–Crippen MR) is 59.6 cm³/mol. The van der Waals surface area contributed by atoms with E-state index >= 15 is 0 Å². The molecule has 1 heterocycles. The molecule has 89 valence electrons. The quantitative estimate of drug-likeness (QED) is 0.586. The third kappa shape index (κ3) is 9.51. The second-order valence-electron chi connectivity index (χ2n) is 2.54. The van der Waals surface area contributed by atoms with Gasteiger partial charge in [0.25, 0.3) is 0 Å². The summed E-state index contributed by atoms with van der Waals surface area (Å²) in [6, 6.07) is 0. The first kappa shape index (κ1) is 20.4. The Kier molecular flexibility index (Phi) is 20.3. The molecule has 1 aliphatic heterocycles. The second kappa shape index (κ2) is 14.0. The molecule has 4 N–H and O–H groups in total. The van der Waals surface area contributed by atoms with Crippen LogP contribution in [0.25, 0.3) is 0 Å². The van der Waals surface area contributed by atoms with E-state index in [0.29, 0.717) is 6.17 Å². The van der Waals surface area contributed by atoms with E-state index in [1.807, 2.05) is 5.79 Å². The summed E-state index contributed by atoms with van der Waals surface area (Å²) in [7, 11) is 0. The SMILES string of the molecule is CC1NCNC(CCO)N1.Cl.Cl.[CH3][Cr]. The Labute approximate surface area is 107 Å². The van der Waals surface area contributed by atoms with Crippen LogP contribution in [0.15, 0.2) is 0 Å². The Hall–Kier alpha value is 0.952.